The van der Waals surface area contributed by atoms with E-state index in [9.17, 15) is 9.50 Å². The number of halogens is 1. The molecule has 1 aliphatic rings. The molecule has 1 aliphatic heterocycles. The van der Waals surface area contributed by atoms with Crippen LogP contribution in [0.5, 0.6) is 5.75 Å². The van der Waals surface area contributed by atoms with E-state index in [0.29, 0.717) is 5.75 Å². The van der Waals surface area contributed by atoms with Crippen LogP contribution in [0, 0.1) is 0 Å². The van der Waals surface area contributed by atoms with Crippen molar-refractivity contribution < 1.29 is 9.50 Å². The SMILES string of the molecule is CC(C)(C)c1cc([C@@H](CF)N2CCNCC2)cc(C(C)(C)C)c1O. The Morgan fingerprint density at radius 3 is 1.88 bits per heavy atom. The molecule has 1 atom stereocenters. The van der Waals surface area contributed by atoms with Gasteiger partial charge in [-0.05, 0) is 39.7 Å². The number of phenolic OH excluding ortho intramolecular Hbond substituents is 1. The van der Waals surface area contributed by atoms with Gasteiger partial charge in [0.05, 0.1) is 6.04 Å². The van der Waals surface area contributed by atoms with E-state index in [0.717, 1.165) is 42.9 Å². The van der Waals surface area contributed by atoms with Crippen LogP contribution in [0.3, 0.4) is 0 Å². The van der Waals surface area contributed by atoms with Gasteiger partial charge >= 0.3 is 0 Å². The van der Waals surface area contributed by atoms with Crippen molar-refractivity contribution in [3.8, 4) is 5.75 Å². The summed E-state index contributed by atoms with van der Waals surface area (Å²) in [5, 5.41) is 14.2. The molecule has 1 fully saturated rings. The monoisotopic (exact) mass is 336 g/mol. The average Bonchev–Trinajstić information content (AvgIpc) is 2.48. The van der Waals surface area contributed by atoms with Crippen molar-refractivity contribution in [2.24, 2.45) is 0 Å². The van der Waals surface area contributed by atoms with E-state index in [-0.39, 0.29) is 16.9 Å². The quantitative estimate of drug-likeness (QED) is 0.879. The number of hydrogen-bond acceptors (Lipinski definition) is 3. The Labute approximate surface area is 146 Å². The van der Waals surface area contributed by atoms with Gasteiger partial charge in [-0.25, -0.2) is 4.39 Å². The molecule has 0 radical (unpaired) electrons. The second-order valence-corrected chi connectivity index (χ2v) is 8.92. The summed E-state index contributed by atoms with van der Waals surface area (Å²) in [5.41, 5.74) is 2.40. The molecule has 1 saturated heterocycles. The van der Waals surface area contributed by atoms with Crippen LogP contribution in [-0.2, 0) is 10.8 Å². The zero-order valence-electron chi connectivity index (χ0n) is 16.0. The molecule has 4 heteroatoms. The molecule has 3 nitrogen and oxygen atoms in total. The third-order valence-electron chi connectivity index (χ3n) is 4.87. The molecule has 2 rings (SSSR count). The summed E-state index contributed by atoms with van der Waals surface area (Å²) in [4.78, 5) is 2.21. The van der Waals surface area contributed by atoms with E-state index in [4.69, 9.17) is 0 Å². The smallest absolute Gasteiger partial charge is 0.123 e. The lowest BCUT2D eigenvalue weighted by atomic mass is 9.77. The Hall–Kier alpha value is -1.13. The van der Waals surface area contributed by atoms with Crippen molar-refractivity contribution in [3.63, 3.8) is 0 Å². The Morgan fingerprint density at radius 2 is 1.50 bits per heavy atom. The van der Waals surface area contributed by atoms with Crippen LogP contribution in [0.25, 0.3) is 0 Å². The van der Waals surface area contributed by atoms with E-state index in [1.807, 2.05) is 12.1 Å². The molecule has 0 aromatic heterocycles. The topological polar surface area (TPSA) is 35.5 Å². The Balaban J connectivity index is 2.56. The van der Waals surface area contributed by atoms with Crippen molar-refractivity contribution in [2.45, 2.75) is 58.4 Å². The zero-order valence-corrected chi connectivity index (χ0v) is 16.0. The van der Waals surface area contributed by atoms with Crippen LogP contribution in [-0.4, -0.2) is 42.9 Å². The molecule has 0 aliphatic carbocycles. The summed E-state index contributed by atoms with van der Waals surface area (Å²) < 4.78 is 14.0. The van der Waals surface area contributed by atoms with Crippen LogP contribution in [0.2, 0.25) is 0 Å². The minimum absolute atomic E-state index is 0.190. The Morgan fingerprint density at radius 1 is 1.04 bits per heavy atom. The van der Waals surface area contributed by atoms with Crippen LogP contribution < -0.4 is 5.32 Å². The number of phenols is 1. The highest BCUT2D eigenvalue weighted by Gasteiger charge is 2.30. The number of alkyl halides is 1. The molecule has 0 bridgehead atoms. The predicted octanol–water partition coefficient (Wildman–Crippen LogP) is 3.90. The molecule has 0 unspecified atom stereocenters. The summed E-state index contributed by atoms with van der Waals surface area (Å²) in [7, 11) is 0. The predicted molar refractivity (Wildman–Crippen MR) is 98.7 cm³/mol. The first-order valence-corrected chi connectivity index (χ1v) is 8.94. The lowest BCUT2D eigenvalue weighted by Crippen LogP contribution is -2.45. The van der Waals surface area contributed by atoms with Crippen molar-refractivity contribution in [1.82, 2.24) is 10.2 Å². The minimum atomic E-state index is -0.405. The number of nitrogens with one attached hydrogen (secondary N) is 1. The zero-order chi connectivity index (χ0) is 18.1. The molecule has 0 spiro atoms. The number of aromatic hydroxyl groups is 1. The van der Waals surface area contributed by atoms with Gasteiger partial charge in [0, 0.05) is 26.2 Å². The van der Waals surface area contributed by atoms with Gasteiger partial charge < -0.3 is 10.4 Å². The van der Waals surface area contributed by atoms with E-state index < -0.39 is 6.67 Å². The van der Waals surface area contributed by atoms with Gasteiger partial charge in [-0.3, -0.25) is 4.90 Å². The van der Waals surface area contributed by atoms with Crippen molar-refractivity contribution in [3.05, 3.63) is 28.8 Å². The first kappa shape index (κ1) is 19.2. The summed E-state index contributed by atoms with van der Waals surface area (Å²) in [6, 6.07) is 3.78. The highest BCUT2D eigenvalue weighted by molar-refractivity contribution is 5.50. The van der Waals surface area contributed by atoms with Crippen LogP contribution in [0.4, 0.5) is 4.39 Å². The maximum atomic E-state index is 14.0. The van der Waals surface area contributed by atoms with Gasteiger partial charge in [0.2, 0.25) is 0 Å². The molecule has 0 amide bonds. The molecule has 24 heavy (non-hydrogen) atoms. The average molecular weight is 336 g/mol. The molecule has 1 aromatic carbocycles. The van der Waals surface area contributed by atoms with Gasteiger partial charge in [-0.1, -0.05) is 41.5 Å². The summed E-state index contributed by atoms with van der Waals surface area (Å²) >= 11 is 0. The fourth-order valence-corrected chi connectivity index (χ4v) is 3.38. The van der Waals surface area contributed by atoms with Crippen molar-refractivity contribution >= 4 is 0 Å². The number of benzene rings is 1. The van der Waals surface area contributed by atoms with Gasteiger partial charge in [0.15, 0.2) is 0 Å². The van der Waals surface area contributed by atoms with Crippen LogP contribution >= 0.6 is 0 Å². The molecule has 1 aromatic rings. The van der Waals surface area contributed by atoms with E-state index in [2.05, 4.69) is 51.8 Å². The molecular weight excluding hydrogens is 303 g/mol. The highest BCUT2D eigenvalue weighted by Crippen LogP contribution is 2.41. The third-order valence-corrected chi connectivity index (χ3v) is 4.87. The maximum absolute atomic E-state index is 14.0. The Bertz CT molecular complexity index is 531. The van der Waals surface area contributed by atoms with E-state index in [1.165, 1.54) is 0 Å². The fourth-order valence-electron chi connectivity index (χ4n) is 3.38. The van der Waals surface area contributed by atoms with Gasteiger partial charge in [-0.15, -0.1) is 0 Å². The minimum Gasteiger partial charge on any atom is -0.507 e. The summed E-state index contributed by atoms with van der Waals surface area (Å²) in [5.74, 6) is 0.358. The van der Waals surface area contributed by atoms with Gasteiger partial charge in [0.25, 0.3) is 0 Å². The number of nitrogens with zero attached hydrogens (tertiary/aromatic N) is 1. The fraction of sp³-hybridized carbons (Fsp3) is 0.700. The normalized spacial score (nSPS) is 18.6. The second-order valence-electron chi connectivity index (χ2n) is 8.92. The van der Waals surface area contributed by atoms with Gasteiger partial charge in [-0.2, -0.15) is 0 Å². The molecular formula is C20H33FN2O. The molecule has 1 heterocycles. The maximum Gasteiger partial charge on any atom is 0.123 e. The summed E-state index contributed by atoms with van der Waals surface area (Å²) in [6.45, 7) is 15.6. The molecule has 0 saturated carbocycles. The Kier molecular flexibility index (Phi) is 5.61. The first-order valence-electron chi connectivity index (χ1n) is 8.94. The highest BCUT2D eigenvalue weighted by atomic mass is 19.1. The van der Waals surface area contributed by atoms with E-state index >= 15 is 0 Å². The third kappa shape index (κ3) is 4.09. The lowest BCUT2D eigenvalue weighted by Gasteiger charge is -2.35. The first-order chi connectivity index (χ1) is 11.1. The standard InChI is InChI=1S/C20H33FN2O/c1-19(2,3)15-11-14(12-16(18(15)24)20(4,5)6)17(13-21)23-9-7-22-8-10-23/h11-12,17,22,24H,7-10,13H2,1-6H3/t17-/m1/s1. The van der Waals surface area contributed by atoms with Crippen molar-refractivity contribution in [1.29, 1.82) is 0 Å². The summed E-state index contributed by atoms with van der Waals surface area (Å²) in [6.07, 6.45) is 0. The number of rotatable bonds is 3. The van der Waals surface area contributed by atoms with Crippen molar-refractivity contribution in [2.75, 3.05) is 32.9 Å². The lowest BCUT2D eigenvalue weighted by molar-refractivity contribution is 0.147. The number of piperazine rings is 1. The second kappa shape index (κ2) is 7.01. The van der Waals surface area contributed by atoms with Crippen LogP contribution in [0.1, 0.15) is 64.3 Å². The largest absolute Gasteiger partial charge is 0.507 e. The number of hydrogen-bond donors (Lipinski definition) is 2. The van der Waals surface area contributed by atoms with Gasteiger partial charge in [0.1, 0.15) is 12.4 Å². The molecule has 2 N–H and O–H groups in total. The molecule has 136 valence electrons. The van der Waals surface area contributed by atoms with E-state index in [1.54, 1.807) is 0 Å². The van der Waals surface area contributed by atoms with Crippen LogP contribution in [0.15, 0.2) is 12.1 Å².